The van der Waals surface area contributed by atoms with Crippen molar-refractivity contribution in [1.29, 1.82) is 0 Å². The lowest BCUT2D eigenvalue weighted by Gasteiger charge is -2.29. The van der Waals surface area contributed by atoms with Gasteiger partial charge in [-0.15, -0.1) is 0 Å². The lowest BCUT2D eigenvalue weighted by Crippen LogP contribution is -2.38. The summed E-state index contributed by atoms with van der Waals surface area (Å²) in [5.74, 6) is 3.34. The largest absolute Gasteiger partial charge is 0.347 e. The summed E-state index contributed by atoms with van der Waals surface area (Å²) in [7, 11) is 0. The van der Waals surface area contributed by atoms with E-state index in [9.17, 15) is 0 Å². The highest BCUT2D eigenvalue weighted by Gasteiger charge is 2.37. The van der Waals surface area contributed by atoms with Gasteiger partial charge in [-0.25, -0.2) is 9.97 Å². The number of aromatic nitrogens is 2. The van der Waals surface area contributed by atoms with Crippen LogP contribution in [0, 0.1) is 0 Å². The highest BCUT2D eigenvalue weighted by Crippen LogP contribution is 2.38. The maximum absolute atomic E-state index is 6.15. The van der Waals surface area contributed by atoms with Gasteiger partial charge in [0.25, 0.3) is 0 Å². The Morgan fingerprint density at radius 1 is 1.19 bits per heavy atom. The van der Waals surface area contributed by atoms with Crippen LogP contribution in [0.1, 0.15) is 19.3 Å². The predicted molar refractivity (Wildman–Crippen MR) is 68.3 cm³/mol. The van der Waals surface area contributed by atoms with Gasteiger partial charge in [-0.2, -0.15) is 11.8 Å². The Hall–Kier alpha value is -0.480. The molecule has 5 heteroatoms. The molecule has 1 atom stereocenters. The zero-order valence-corrected chi connectivity index (χ0v) is 10.5. The lowest BCUT2D eigenvalue weighted by atomic mass is 10.2. The number of rotatable bonds is 3. The number of halogens is 1. The second-order valence-electron chi connectivity index (χ2n) is 4.33. The first-order valence-electron chi connectivity index (χ1n) is 5.69. The van der Waals surface area contributed by atoms with Crippen LogP contribution in [0.2, 0.25) is 5.15 Å². The van der Waals surface area contributed by atoms with Gasteiger partial charge < -0.3 is 4.90 Å². The third-order valence-electron chi connectivity index (χ3n) is 3.12. The molecule has 86 valence electrons. The van der Waals surface area contributed by atoms with E-state index in [1.807, 2.05) is 11.8 Å². The third kappa shape index (κ3) is 2.00. The average Bonchev–Trinajstić information content (AvgIpc) is 2.97. The van der Waals surface area contributed by atoms with Gasteiger partial charge in [0.15, 0.2) is 11.0 Å². The molecule has 1 saturated carbocycles. The molecule has 1 aliphatic heterocycles. The second-order valence-corrected chi connectivity index (χ2v) is 5.83. The smallest absolute Gasteiger partial charge is 0.171 e. The van der Waals surface area contributed by atoms with Gasteiger partial charge in [0.05, 0.1) is 0 Å². The summed E-state index contributed by atoms with van der Waals surface area (Å²) < 4.78 is 0. The Kier molecular flexibility index (Phi) is 2.94. The minimum Gasteiger partial charge on any atom is -0.347 e. The van der Waals surface area contributed by atoms with E-state index in [0.29, 0.717) is 17.2 Å². The number of thioether (sulfide) groups is 1. The summed E-state index contributed by atoms with van der Waals surface area (Å²) in [4.78, 5) is 11.0. The van der Waals surface area contributed by atoms with Crippen molar-refractivity contribution in [3.63, 3.8) is 0 Å². The minimum absolute atomic E-state index is 0.548. The van der Waals surface area contributed by atoms with Crippen LogP contribution < -0.4 is 4.90 Å². The van der Waals surface area contributed by atoms with Crippen molar-refractivity contribution in [2.45, 2.75) is 31.3 Å². The Morgan fingerprint density at radius 2 is 2.00 bits per heavy atom. The highest BCUT2D eigenvalue weighted by molar-refractivity contribution is 7.99. The van der Waals surface area contributed by atoms with Gasteiger partial charge in [-0.3, -0.25) is 0 Å². The molecule has 1 saturated heterocycles. The van der Waals surface area contributed by atoms with E-state index in [2.05, 4.69) is 14.9 Å². The Bertz CT molecular complexity index is 377. The zero-order valence-electron chi connectivity index (χ0n) is 8.97. The maximum Gasteiger partial charge on any atom is 0.171 e. The van der Waals surface area contributed by atoms with Crippen molar-refractivity contribution in [3.8, 4) is 0 Å². The number of hydrogen-bond donors (Lipinski definition) is 0. The van der Waals surface area contributed by atoms with E-state index >= 15 is 0 Å². The summed E-state index contributed by atoms with van der Waals surface area (Å²) in [5, 5.41) is 0.548. The van der Waals surface area contributed by atoms with Gasteiger partial charge in [-0.1, -0.05) is 11.6 Å². The van der Waals surface area contributed by atoms with Crippen LogP contribution in [0.4, 0.5) is 5.82 Å². The molecule has 16 heavy (non-hydrogen) atoms. The highest BCUT2D eigenvalue weighted by atomic mass is 35.5. The molecule has 0 amide bonds. The quantitative estimate of drug-likeness (QED) is 0.830. The molecule has 3 rings (SSSR count). The summed E-state index contributed by atoms with van der Waals surface area (Å²) in [6, 6.07) is 1.25. The molecule has 0 unspecified atom stereocenters. The standard InChI is InChI=1S/C11H14ClN3S/c12-10-11(14-5-4-13-10)15(8-1-2-8)9-3-6-16-7-9/h4-5,8-9H,1-3,6-7H2/t9-/m1/s1. The molecule has 0 aromatic carbocycles. The van der Waals surface area contributed by atoms with E-state index in [0.717, 1.165) is 5.82 Å². The van der Waals surface area contributed by atoms with Crippen LogP contribution in [0.25, 0.3) is 0 Å². The summed E-state index contributed by atoms with van der Waals surface area (Å²) >= 11 is 8.17. The summed E-state index contributed by atoms with van der Waals surface area (Å²) in [5.41, 5.74) is 0. The number of hydrogen-bond acceptors (Lipinski definition) is 4. The molecule has 0 radical (unpaired) electrons. The minimum atomic E-state index is 0.548. The van der Waals surface area contributed by atoms with E-state index < -0.39 is 0 Å². The Labute approximate surface area is 105 Å². The van der Waals surface area contributed by atoms with E-state index in [-0.39, 0.29) is 0 Å². The molecule has 0 N–H and O–H groups in total. The Balaban J connectivity index is 1.90. The molecule has 0 bridgehead atoms. The summed E-state index contributed by atoms with van der Waals surface area (Å²) in [6.07, 6.45) is 7.18. The molecule has 2 heterocycles. The zero-order chi connectivity index (χ0) is 11.0. The fourth-order valence-corrected chi connectivity index (χ4v) is 3.63. The molecule has 0 spiro atoms. The van der Waals surface area contributed by atoms with Crippen molar-refractivity contribution in [3.05, 3.63) is 17.5 Å². The second kappa shape index (κ2) is 4.41. The third-order valence-corrected chi connectivity index (χ3v) is 4.53. The SMILES string of the molecule is Clc1nccnc1N(C1CC1)[C@@H]1CCSC1. The fourth-order valence-electron chi connectivity index (χ4n) is 2.23. The number of anilines is 1. The number of nitrogens with zero attached hydrogens (tertiary/aromatic N) is 3. The molecular formula is C11H14ClN3S. The lowest BCUT2D eigenvalue weighted by molar-refractivity contribution is 0.631. The van der Waals surface area contributed by atoms with E-state index in [1.54, 1.807) is 12.4 Å². The molecule has 1 aromatic heterocycles. The first-order valence-corrected chi connectivity index (χ1v) is 7.22. The Morgan fingerprint density at radius 3 is 2.62 bits per heavy atom. The predicted octanol–water partition coefficient (Wildman–Crippen LogP) is 2.60. The first-order chi connectivity index (χ1) is 7.86. The normalized spacial score (nSPS) is 24.7. The van der Waals surface area contributed by atoms with Gasteiger partial charge >= 0.3 is 0 Å². The van der Waals surface area contributed by atoms with Crippen LogP contribution in [0.5, 0.6) is 0 Å². The average molecular weight is 256 g/mol. The van der Waals surface area contributed by atoms with Crippen molar-refractivity contribution in [2.75, 3.05) is 16.4 Å². The first kappa shape index (κ1) is 10.7. The molecule has 2 fully saturated rings. The van der Waals surface area contributed by atoms with Crippen LogP contribution in [0.3, 0.4) is 0 Å². The van der Waals surface area contributed by atoms with Crippen molar-refractivity contribution in [1.82, 2.24) is 9.97 Å². The van der Waals surface area contributed by atoms with Crippen molar-refractivity contribution in [2.24, 2.45) is 0 Å². The topological polar surface area (TPSA) is 29.0 Å². The fraction of sp³-hybridized carbons (Fsp3) is 0.636. The monoisotopic (exact) mass is 255 g/mol. The molecular weight excluding hydrogens is 242 g/mol. The molecule has 2 aliphatic rings. The molecule has 3 nitrogen and oxygen atoms in total. The van der Waals surface area contributed by atoms with Crippen LogP contribution in [0.15, 0.2) is 12.4 Å². The van der Waals surface area contributed by atoms with Gasteiger partial charge in [0.2, 0.25) is 0 Å². The van der Waals surface area contributed by atoms with E-state index in [1.165, 1.54) is 30.8 Å². The van der Waals surface area contributed by atoms with Crippen LogP contribution in [-0.2, 0) is 0 Å². The van der Waals surface area contributed by atoms with Gasteiger partial charge in [0.1, 0.15) is 0 Å². The van der Waals surface area contributed by atoms with Crippen LogP contribution >= 0.6 is 23.4 Å². The van der Waals surface area contributed by atoms with Crippen LogP contribution in [-0.4, -0.2) is 33.6 Å². The van der Waals surface area contributed by atoms with Crippen molar-refractivity contribution < 1.29 is 0 Å². The van der Waals surface area contributed by atoms with Gasteiger partial charge in [-0.05, 0) is 25.0 Å². The molecule has 1 aliphatic carbocycles. The van der Waals surface area contributed by atoms with E-state index in [4.69, 9.17) is 11.6 Å². The van der Waals surface area contributed by atoms with Gasteiger partial charge in [0, 0.05) is 30.2 Å². The molecule has 1 aromatic rings. The maximum atomic E-state index is 6.15. The summed E-state index contributed by atoms with van der Waals surface area (Å²) in [6.45, 7) is 0. The van der Waals surface area contributed by atoms with Crippen molar-refractivity contribution >= 4 is 29.2 Å².